The zero-order chi connectivity index (χ0) is 17.3. The van der Waals surface area contributed by atoms with Gasteiger partial charge < -0.3 is 4.74 Å². The van der Waals surface area contributed by atoms with Crippen molar-refractivity contribution >= 4 is 22.6 Å². The van der Waals surface area contributed by atoms with Crippen molar-refractivity contribution in [2.45, 2.75) is 12.8 Å². The number of halogens is 4. The Morgan fingerprint density at radius 2 is 1.83 bits per heavy atom. The third-order valence-electron chi connectivity index (χ3n) is 3.39. The summed E-state index contributed by atoms with van der Waals surface area (Å²) >= 11 is 2.15. The van der Waals surface area contributed by atoms with Gasteiger partial charge in [0.2, 0.25) is 0 Å². The van der Waals surface area contributed by atoms with Crippen LogP contribution in [0.25, 0.3) is 5.69 Å². The molecule has 9 heteroatoms. The smallest absolute Gasteiger partial charge is 0.416 e. The molecule has 0 bridgehead atoms. The summed E-state index contributed by atoms with van der Waals surface area (Å²) in [7, 11) is 1.77. The molecule has 1 aromatic carbocycles. The van der Waals surface area contributed by atoms with Crippen molar-refractivity contribution in [3.05, 3.63) is 57.7 Å². The minimum atomic E-state index is -4.36. The highest BCUT2D eigenvalue weighted by molar-refractivity contribution is 14.1. The molecule has 0 spiro atoms. The largest absolute Gasteiger partial charge is 0.487 e. The number of hydrogen-bond acceptors (Lipinski definition) is 3. The molecule has 0 saturated carbocycles. The SMILES string of the molecule is Cn1ncc(-n2cc(I)cn2)c1COc1ccc(C(F)(F)F)cc1. The van der Waals surface area contributed by atoms with E-state index in [0.29, 0.717) is 5.75 Å². The number of rotatable bonds is 4. The fourth-order valence-electron chi connectivity index (χ4n) is 2.13. The minimum absolute atomic E-state index is 0.160. The van der Waals surface area contributed by atoms with E-state index in [4.69, 9.17) is 4.74 Å². The predicted molar refractivity (Wildman–Crippen MR) is 88.8 cm³/mol. The molecule has 0 amide bonds. The molecular weight excluding hydrogens is 436 g/mol. The molecule has 3 rings (SSSR count). The van der Waals surface area contributed by atoms with Crippen molar-refractivity contribution in [3.63, 3.8) is 0 Å². The van der Waals surface area contributed by atoms with Gasteiger partial charge in [0.05, 0.1) is 21.5 Å². The van der Waals surface area contributed by atoms with Crippen LogP contribution in [0.3, 0.4) is 0 Å². The lowest BCUT2D eigenvalue weighted by atomic mass is 10.2. The molecule has 0 unspecified atom stereocenters. The van der Waals surface area contributed by atoms with E-state index < -0.39 is 11.7 Å². The Morgan fingerprint density at radius 1 is 1.12 bits per heavy atom. The van der Waals surface area contributed by atoms with Gasteiger partial charge in [0.1, 0.15) is 23.7 Å². The molecule has 3 aromatic rings. The van der Waals surface area contributed by atoms with Gasteiger partial charge in [-0.15, -0.1) is 0 Å². The Hall–Kier alpha value is -2.04. The Morgan fingerprint density at radius 3 is 2.42 bits per heavy atom. The molecule has 0 aliphatic carbocycles. The normalized spacial score (nSPS) is 11.7. The summed E-state index contributed by atoms with van der Waals surface area (Å²) in [6.45, 7) is 0.160. The molecule has 0 atom stereocenters. The number of aryl methyl sites for hydroxylation is 1. The highest BCUT2D eigenvalue weighted by Gasteiger charge is 2.30. The first kappa shape index (κ1) is 16.8. The molecule has 2 heterocycles. The van der Waals surface area contributed by atoms with Crippen molar-refractivity contribution < 1.29 is 17.9 Å². The van der Waals surface area contributed by atoms with E-state index in [1.165, 1.54) is 12.1 Å². The summed E-state index contributed by atoms with van der Waals surface area (Å²) < 4.78 is 47.6. The van der Waals surface area contributed by atoms with Crippen LogP contribution >= 0.6 is 22.6 Å². The predicted octanol–water partition coefficient (Wildman–Crippen LogP) is 3.81. The van der Waals surface area contributed by atoms with E-state index in [1.54, 1.807) is 28.8 Å². The van der Waals surface area contributed by atoms with Gasteiger partial charge in [-0.1, -0.05) is 0 Å². The summed E-state index contributed by atoms with van der Waals surface area (Å²) in [6.07, 6.45) is 0.868. The van der Waals surface area contributed by atoms with Gasteiger partial charge in [-0.25, -0.2) is 4.68 Å². The quantitative estimate of drug-likeness (QED) is 0.571. The molecule has 126 valence electrons. The number of nitrogens with zero attached hydrogens (tertiary/aromatic N) is 4. The van der Waals surface area contributed by atoms with Crippen LogP contribution in [0.15, 0.2) is 42.9 Å². The maximum atomic E-state index is 12.6. The van der Waals surface area contributed by atoms with Gasteiger partial charge >= 0.3 is 6.18 Å². The number of benzene rings is 1. The van der Waals surface area contributed by atoms with Crippen LogP contribution in [0, 0.1) is 3.57 Å². The Kier molecular flexibility index (Phi) is 4.52. The van der Waals surface area contributed by atoms with E-state index in [2.05, 4.69) is 32.8 Å². The number of aromatic nitrogens is 4. The van der Waals surface area contributed by atoms with Crippen LogP contribution in [0.4, 0.5) is 13.2 Å². The van der Waals surface area contributed by atoms with Gasteiger partial charge in [-0.05, 0) is 46.9 Å². The van der Waals surface area contributed by atoms with Gasteiger partial charge in [0.25, 0.3) is 0 Å². The fraction of sp³-hybridized carbons (Fsp3) is 0.200. The van der Waals surface area contributed by atoms with Crippen LogP contribution in [-0.2, 0) is 19.8 Å². The minimum Gasteiger partial charge on any atom is -0.487 e. The van der Waals surface area contributed by atoms with E-state index in [1.807, 2.05) is 6.20 Å². The molecule has 2 aromatic heterocycles. The lowest BCUT2D eigenvalue weighted by Gasteiger charge is -2.10. The van der Waals surface area contributed by atoms with Gasteiger partial charge in [0, 0.05) is 13.2 Å². The highest BCUT2D eigenvalue weighted by atomic mass is 127. The van der Waals surface area contributed by atoms with Gasteiger partial charge in [-0.3, -0.25) is 4.68 Å². The lowest BCUT2D eigenvalue weighted by Crippen LogP contribution is -2.08. The summed E-state index contributed by atoms with van der Waals surface area (Å²) in [6, 6.07) is 4.59. The Bertz CT molecular complexity index is 839. The lowest BCUT2D eigenvalue weighted by molar-refractivity contribution is -0.137. The van der Waals surface area contributed by atoms with Crippen molar-refractivity contribution in [2.75, 3.05) is 0 Å². The van der Waals surface area contributed by atoms with E-state index >= 15 is 0 Å². The van der Waals surface area contributed by atoms with E-state index in [0.717, 1.165) is 27.1 Å². The van der Waals surface area contributed by atoms with Crippen molar-refractivity contribution in [2.24, 2.45) is 7.05 Å². The molecule has 0 fully saturated rings. The topological polar surface area (TPSA) is 44.9 Å². The maximum Gasteiger partial charge on any atom is 0.416 e. The second kappa shape index (κ2) is 6.46. The Balaban J connectivity index is 1.77. The molecule has 24 heavy (non-hydrogen) atoms. The molecule has 0 aliphatic heterocycles. The second-order valence-corrected chi connectivity index (χ2v) is 6.26. The van der Waals surface area contributed by atoms with Crippen LogP contribution < -0.4 is 4.74 Å². The standard InChI is InChI=1S/C15H12F3IN4O/c1-22-14(13(7-20-22)23-8-11(19)6-21-23)9-24-12-4-2-10(3-5-12)15(16,17)18/h2-8H,9H2,1H3. The molecule has 5 nitrogen and oxygen atoms in total. The molecule has 0 saturated heterocycles. The first-order valence-electron chi connectivity index (χ1n) is 6.86. The van der Waals surface area contributed by atoms with E-state index in [-0.39, 0.29) is 6.61 Å². The summed E-state index contributed by atoms with van der Waals surface area (Å²) in [5, 5.41) is 8.41. The number of alkyl halides is 3. The van der Waals surface area contributed by atoms with Gasteiger partial charge in [0.15, 0.2) is 0 Å². The monoisotopic (exact) mass is 448 g/mol. The molecule has 0 N–H and O–H groups in total. The maximum absolute atomic E-state index is 12.6. The third-order valence-corrected chi connectivity index (χ3v) is 3.95. The average Bonchev–Trinajstić information content (AvgIpc) is 3.11. The molecule has 0 radical (unpaired) electrons. The van der Waals surface area contributed by atoms with Crippen LogP contribution in [0.2, 0.25) is 0 Å². The van der Waals surface area contributed by atoms with Crippen molar-refractivity contribution in [1.29, 1.82) is 0 Å². The Labute approximate surface area is 149 Å². The third kappa shape index (κ3) is 3.55. The van der Waals surface area contributed by atoms with E-state index in [9.17, 15) is 13.2 Å². The summed E-state index contributed by atoms with van der Waals surface area (Å²) in [4.78, 5) is 0. The molecular formula is C15H12F3IN4O. The number of hydrogen-bond donors (Lipinski definition) is 0. The molecule has 0 aliphatic rings. The zero-order valence-electron chi connectivity index (χ0n) is 12.5. The number of ether oxygens (including phenoxy) is 1. The van der Waals surface area contributed by atoms with Crippen molar-refractivity contribution in [1.82, 2.24) is 19.6 Å². The second-order valence-electron chi connectivity index (χ2n) is 5.01. The highest BCUT2D eigenvalue weighted by Crippen LogP contribution is 2.30. The fourth-order valence-corrected chi connectivity index (χ4v) is 2.52. The van der Waals surface area contributed by atoms with Gasteiger partial charge in [-0.2, -0.15) is 23.4 Å². The zero-order valence-corrected chi connectivity index (χ0v) is 14.6. The van der Waals surface area contributed by atoms with Crippen LogP contribution in [0.1, 0.15) is 11.3 Å². The van der Waals surface area contributed by atoms with Crippen LogP contribution in [0.5, 0.6) is 5.75 Å². The first-order valence-corrected chi connectivity index (χ1v) is 7.94. The average molecular weight is 448 g/mol. The van der Waals surface area contributed by atoms with Crippen molar-refractivity contribution in [3.8, 4) is 11.4 Å². The van der Waals surface area contributed by atoms with Crippen LogP contribution in [-0.4, -0.2) is 19.6 Å². The summed E-state index contributed by atoms with van der Waals surface area (Å²) in [5.41, 5.74) is 0.809. The summed E-state index contributed by atoms with van der Waals surface area (Å²) in [5.74, 6) is 0.352. The first-order chi connectivity index (χ1) is 11.3.